The molecule has 0 bridgehead atoms. The van der Waals surface area contributed by atoms with Crippen LogP contribution in [0.2, 0.25) is 25.7 Å². The topological polar surface area (TPSA) is 57.0 Å². The summed E-state index contributed by atoms with van der Waals surface area (Å²) >= 11 is 0. The van der Waals surface area contributed by atoms with Gasteiger partial charge in [0.15, 0.2) is 5.78 Å². The van der Waals surface area contributed by atoms with E-state index >= 15 is 0 Å². The molecule has 0 aromatic carbocycles. The van der Waals surface area contributed by atoms with Crippen molar-refractivity contribution in [3.05, 3.63) is 59.7 Å². The Labute approximate surface area is 155 Å². The lowest BCUT2D eigenvalue weighted by molar-refractivity contribution is 0.0896. The van der Waals surface area contributed by atoms with Gasteiger partial charge in [0.25, 0.3) is 0 Å². The number of rotatable bonds is 7. The molecule has 26 heavy (non-hydrogen) atoms. The van der Waals surface area contributed by atoms with Crippen LogP contribution in [0.15, 0.2) is 43.0 Å². The third kappa shape index (κ3) is 4.26. The number of hydrogen-bond donors (Lipinski definition) is 0. The van der Waals surface area contributed by atoms with Crippen LogP contribution >= 0.6 is 0 Å². The van der Waals surface area contributed by atoms with Gasteiger partial charge in [-0.05, 0) is 36.7 Å². The Morgan fingerprint density at radius 3 is 2.77 bits per heavy atom. The first-order valence-electron chi connectivity index (χ1n) is 8.83. The monoisotopic (exact) mass is 367 g/mol. The Morgan fingerprint density at radius 2 is 2.08 bits per heavy atom. The standard InChI is InChI=1S/C20H25N3O2Si/c1-15-10-17-18(19(24)16-6-5-7-21-12-16)13-23(20(17)22-11-15)14-25-8-9-26(2,3)4/h5-7,10-13H,8-9,14H2,1-4H3. The summed E-state index contributed by atoms with van der Waals surface area (Å²) in [4.78, 5) is 21.5. The van der Waals surface area contributed by atoms with Crippen molar-refractivity contribution >= 4 is 24.9 Å². The number of ether oxygens (including phenoxy) is 1. The van der Waals surface area contributed by atoms with E-state index in [2.05, 4.69) is 29.6 Å². The van der Waals surface area contributed by atoms with E-state index in [0.717, 1.165) is 29.2 Å². The summed E-state index contributed by atoms with van der Waals surface area (Å²) in [5, 5.41) is 0.854. The molecule has 136 valence electrons. The van der Waals surface area contributed by atoms with E-state index in [0.29, 0.717) is 17.9 Å². The average molecular weight is 368 g/mol. The van der Waals surface area contributed by atoms with Crippen LogP contribution in [0.1, 0.15) is 21.5 Å². The molecule has 0 saturated heterocycles. The molecule has 5 nitrogen and oxygen atoms in total. The van der Waals surface area contributed by atoms with E-state index in [1.54, 1.807) is 24.5 Å². The molecule has 3 aromatic heterocycles. The number of carbonyl (C=O) groups excluding carboxylic acids is 1. The maximum absolute atomic E-state index is 12.9. The van der Waals surface area contributed by atoms with Gasteiger partial charge in [-0.2, -0.15) is 0 Å². The van der Waals surface area contributed by atoms with Crippen LogP contribution < -0.4 is 0 Å². The van der Waals surface area contributed by atoms with Crippen LogP contribution in [-0.4, -0.2) is 35.0 Å². The molecule has 0 aliphatic rings. The quantitative estimate of drug-likeness (QED) is 0.355. The highest BCUT2D eigenvalue weighted by Gasteiger charge is 2.18. The Hall–Kier alpha value is -2.31. The van der Waals surface area contributed by atoms with Crippen LogP contribution in [-0.2, 0) is 11.5 Å². The van der Waals surface area contributed by atoms with Crippen molar-refractivity contribution in [1.82, 2.24) is 14.5 Å². The molecule has 0 unspecified atom stereocenters. The molecular formula is C20H25N3O2Si. The second-order valence-corrected chi connectivity index (χ2v) is 13.4. The second-order valence-electron chi connectivity index (χ2n) is 7.82. The summed E-state index contributed by atoms with van der Waals surface area (Å²) in [6.45, 7) is 10.1. The molecule has 0 N–H and O–H groups in total. The van der Waals surface area contributed by atoms with E-state index in [1.165, 1.54) is 0 Å². The maximum Gasteiger partial charge on any atom is 0.196 e. The van der Waals surface area contributed by atoms with Gasteiger partial charge in [-0.25, -0.2) is 4.98 Å². The zero-order chi connectivity index (χ0) is 18.7. The van der Waals surface area contributed by atoms with Gasteiger partial charge in [-0.3, -0.25) is 9.78 Å². The lowest BCUT2D eigenvalue weighted by Gasteiger charge is -2.15. The van der Waals surface area contributed by atoms with Gasteiger partial charge < -0.3 is 9.30 Å². The Morgan fingerprint density at radius 1 is 1.27 bits per heavy atom. The number of nitrogens with zero attached hydrogens (tertiary/aromatic N) is 3. The third-order valence-corrected chi connectivity index (χ3v) is 5.95. The smallest absolute Gasteiger partial charge is 0.196 e. The predicted octanol–water partition coefficient (Wildman–Crippen LogP) is 4.28. The van der Waals surface area contributed by atoms with Crippen molar-refractivity contribution in [3.63, 3.8) is 0 Å². The number of pyridine rings is 2. The molecule has 0 spiro atoms. The van der Waals surface area contributed by atoms with Crippen molar-refractivity contribution in [2.75, 3.05) is 6.61 Å². The first-order valence-corrected chi connectivity index (χ1v) is 12.5. The Bertz CT molecular complexity index is 914. The van der Waals surface area contributed by atoms with Crippen LogP contribution in [0.3, 0.4) is 0 Å². The van der Waals surface area contributed by atoms with Gasteiger partial charge in [0.2, 0.25) is 0 Å². The van der Waals surface area contributed by atoms with Gasteiger partial charge in [0.1, 0.15) is 12.4 Å². The van der Waals surface area contributed by atoms with Crippen molar-refractivity contribution in [2.24, 2.45) is 0 Å². The van der Waals surface area contributed by atoms with Crippen LogP contribution in [0.5, 0.6) is 0 Å². The van der Waals surface area contributed by atoms with Crippen molar-refractivity contribution in [2.45, 2.75) is 39.3 Å². The molecule has 0 aliphatic carbocycles. The van der Waals surface area contributed by atoms with Gasteiger partial charge in [-0.15, -0.1) is 0 Å². The molecule has 0 radical (unpaired) electrons. The van der Waals surface area contributed by atoms with Crippen LogP contribution in [0.4, 0.5) is 0 Å². The lowest BCUT2D eigenvalue weighted by Crippen LogP contribution is -2.22. The summed E-state index contributed by atoms with van der Waals surface area (Å²) in [6.07, 6.45) is 6.93. The minimum Gasteiger partial charge on any atom is -0.361 e. The molecule has 0 aliphatic heterocycles. The van der Waals surface area contributed by atoms with Crippen LogP contribution in [0.25, 0.3) is 11.0 Å². The fraction of sp³-hybridized carbons (Fsp3) is 0.350. The molecule has 0 saturated carbocycles. The van der Waals surface area contributed by atoms with Crippen LogP contribution in [0, 0.1) is 6.92 Å². The fourth-order valence-corrected chi connectivity index (χ4v) is 3.51. The predicted molar refractivity (Wildman–Crippen MR) is 106 cm³/mol. The summed E-state index contributed by atoms with van der Waals surface area (Å²) in [5.41, 5.74) is 3.01. The van der Waals surface area contributed by atoms with Gasteiger partial charge in [-0.1, -0.05) is 19.6 Å². The van der Waals surface area contributed by atoms with Crippen molar-refractivity contribution < 1.29 is 9.53 Å². The SMILES string of the molecule is Cc1cnc2c(c1)c(C(=O)c1cccnc1)cn2COCC[Si](C)(C)C. The van der Waals surface area contributed by atoms with E-state index in [9.17, 15) is 4.79 Å². The zero-order valence-corrected chi connectivity index (χ0v) is 16.8. The number of ketones is 1. The lowest BCUT2D eigenvalue weighted by atomic mass is 10.0. The summed E-state index contributed by atoms with van der Waals surface area (Å²) in [5.74, 6) is -0.0450. The number of hydrogen-bond acceptors (Lipinski definition) is 4. The average Bonchev–Trinajstić information content (AvgIpc) is 2.96. The minimum absolute atomic E-state index is 0.0450. The largest absolute Gasteiger partial charge is 0.361 e. The molecular weight excluding hydrogens is 342 g/mol. The number of aromatic nitrogens is 3. The molecule has 0 amide bonds. The maximum atomic E-state index is 12.9. The highest BCUT2D eigenvalue weighted by Crippen LogP contribution is 2.23. The highest BCUT2D eigenvalue weighted by atomic mass is 28.3. The molecule has 0 atom stereocenters. The third-order valence-electron chi connectivity index (χ3n) is 4.25. The zero-order valence-electron chi connectivity index (χ0n) is 15.8. The molecule has 0 fully saturated rings. The van der Waals surface area contributed by atoms with Gasteiger partial charge >= 0.3 is 0 Å². The van der Waals surface area contributed by atoms with Crippen molar-refractivity contribution in [1.29, 1.82) is 0 Å². The highest BCUT2D eigenvalue weighted by molar-refractivity contribution is 6.76. The fourth-order valence-electron chi connectivity index (χ4n) is 2.75. The molecule has 3 rings (SSSR count). The first kappa shape index (κ1) is 18.5. The Kier molecular flexibility index (Phi) is 5.34. The summed E-state index contributed by atoms with van der Waals surface area (Å²) in [6, 6.07) is 6.67. The number of fused-ring (bicyclic) bond motifs is 1. The molecule has 3 heterocycles. The molecule has 6 heteroatoms. The normalized spacial score (nSPS) is 11.8. The van der Waals surface area contributed by atoms with Gasteiger partial charge in [0.05, 0.1) is 0 Å². The molecule has 3 aromatic rings. The first-order chi connectivity index (χ1) is 12.3. The number of aryl methyl sites for hydroxylation is 1. The number of carbonyl (C=O) groups is 1. The second kappa shape index (κ2) is 7.51. The summed E-state index contributed by atoms with van der Waals surface area (Å²) < 4.78 is 7.79. The van der Waals surface area contributed by atoms with Gasteiger partial charge in [0, 0.05) is 56.0 Å². The van der Waals surface area contributed by atoms with E-state index in [1.807, 2.05) is 30.0 Å². The Balaban J connectivity index is 1.89. The van der Waals surface area contributed by atoms with E-state index < -0.39 is 8.07 Å². The van der Waals surface area contributed by atoms with E-state index in [-0.39, 0.29) is 5.78 Å². The summed E-state index contributed by atoms with van der Waals surface area (Å²) in [7, 11) is -1.12. The van der Waals surface area contributed by atoms with E-state index in [4.69, 9.17) is 4.74 Å². The van der Waals surface area contributed by atoms with Crippen molar-refractivity contribution in [3.8, 4) is 0 Å². The minimum atomic E-state index is -1.12.